The predicted octanol–water partition coefficient (Wildman–Crippen LogP) is 3.78. The van der Waals surface area contributed by atoms with E-state index in [0.717, 1.165) is 0 Å². The summed E-state index contributed by atoms with van der Waals surface area (Å²) in [5.74, 6) is -0.310. The van der Waals surface area contributed by atoms with Crippen molar-refractivity contribution in [3.8, 4) is 5.75 Å². The summed E-state index contributed by atoms with van der Waals surface area (Å²) in [4.78, 5) is 0. The van der Waals surface area contributed by atoms with E-state index in [2.05, 4.69) is 4.74 Å². The van der Waals surface area contributed by atoms with Crippen LogP contribution >= 0.6 is 0 Å². The Morgan fingerprint density at radius 2 is 1.80 bits per heavy atom. The van der Waals surface area contributed by atoms with Crippen molar-refractivity contribution in [1.82, 2.24) is 0 Å². The molecule has 0 bridgehead atoms. The molecule has 0 fully saturated rings. The molecule has 0 aliphatic rings. The van der Waals surface area contributed by atoms with Crippen LogP contribution in [0.5, 0.6) is 5.75 Å². The zero-order chi connectivity index (χ0) is 14.7. The van der Waals surface area contributed by atoms with Crippen LogP contribution in [-0.4, -0.2) is 6.61 Å². The maximum absolute atomic E-state index is 13.3. The van der Waals surface area contributed by atoms with Crippen molar-refractivity contribution in [2.45, 2.75) is 19.6 Å². The molecule has 0 saturated carbocycles. The van der Waals surface area contributed by atoms with E-state index in [1.807, 2.05) is 0 Å². The first-order valence-electron chi connectivity index (χ1n) is 6.04. The highest BCUT2D eigenvalue weighted by atomic mass is 19.3. The lowest BCUT2D eigenvalue weighted by Crippen LogP contribution is -2.15. The van der Waals surface area contributed by atoms with Gasteiger partial charge in [-0.1, -0.05) is 30.3 Å². The van der Waals surface area contributed by atoms with Crippen LogP contribution in [0.4, 0.5) is 13.2 Å². The van der Waals surface area contributed by atoms with Gasteiger partial charge in [0, 0.05) is 5.56 Å². The Morgan fingerprint density at radius 1 is 1.10 bits per heavy atom. The molecule has 0 radical (unpaired) electrons. The lowest BCUT2D eigenvalue weighted by atomic mass is 9.97. The highest BCUT2D eigenvalue weighted by molar-refractivity contribution is 5.42. The Kier molecular flexibility index (Phi) is 4.29. The molecule has 1 unspecified atom stereocenters. The highest BCUT2D eigenvalue weighted by Gasteiger charge is 2.17. The van der Waals surface area contributed by atoms with Crippen LogP contribution in [-0.2, 0) is 0 Å². The number of hydrogen-bond acceptors (Lipinski definition) is 2. The Hall–Kier alpha value is -2.01. The smallest absolute Gasteiger partial charge is 0.387 e. The molecule has 0 spiro atoms. The van der Waals surface area contributed by atoms with Gasteiger partial charge in [0.1, 0.15) is 11.6 Å². The quantitative estimate of drug-likeness (QED) is 0.925. The number of para-hydroxylation sites is 1. The molecule has 2 aromatic rings. The number of alkyl halides is 2. The second-order valence-electron chi connectivity index (χ2n) is 4.40. The third-order valence-electron chi connectivity index (χ3n) is 3.01. The summed E-state index contributed by atoms with van der Waals surface area (Å²) < 4.78 is 42.4. The number of benzene rings is 2. The number of rotatable bonds is 4. The summed E-state index contributed by atoms with van der Waals surface area (Å²) in [6.07, 6.45) is 0. The summed E-state index contributed by atoms with van der Waals surface area (Å²) in [5, 5.41) is 0. The van der Waals surface area contributed by atoms with Gasteiger partial charge in [0.15, 0.2) is 0 Å². The van der Waals surface area contributed by atoms with Gasteiger partial charge in [-0.3, -0.25) is 0 Å². The first-order chi connectivity index (χ1) is 9.49. The Bertz CT molecular complexity index is 601. The molecule has 20 heavy (non-hydrogen) atoms. The van der Waals surface area contributed by atoms with Crippen LogP contribution < -0.4 is 10.5 Å². The number of hydrogen-bond donors (Lipinski definition) is 1. The average molecular weight is 281 g/mol. The maximum Gasteiger partial charge on any atom is 0.387 e. The van der Waals surface area contributed by atoms with E-state index in [1.54, 1.807) is 31.2 Å². The topological polar surface area (TPSA) is 35.2 Å². The highest BCUT2D eigenvalue weighted by Crippen LogP contribution is 2.29. The van der Waals surface area contributed by atoms with Crippen molar-refractivity contribution in [3.05, 3.63) is 65.0 Å². The summed E-state index contributed by atoms with van der Waals surface area (Å²) in [5.41, 5.74) is 7.58. The van der Waals surface area contributed by atoms with Crippen molar-refractivity contribution in [3.63, 3.8) is 0 Å². The van der Waals surface area contributed by atoms with Crippen LogP contribution in [0.1, 0.15) is 22.7 Å². The van der Waals surface area contributed by atoms with Gasteiger partial charge in [0.25, 0.3) is 0 Å². The first kappa shape index (κ1) is 14.4. The second-order valence-corrected chi connectivity index (χ2v) is 4.40. The van der Waals surface area contributed by atoms with Gasteiger partial charge in [0.05, 0.1) is 6.04 Å². The van der Waals surface area contributed by atoms with Crippen LogP contribution in [0.15, 0.2) is 42.5 Å². The van der Waals surface area contributed by atoms with E-state index in [9.17, 15) is 13.2 Å². The normalized spacial score (nSPS) is 12.5. The van der Waals surface area contributed by atoms with E-state index in [1.165, 1.54) is 18.2 Å². The minimum absolute atomic E-state index is 0.0250. The van der Waals surface area contributed by atoms with E-state index in [4.69, 9.17) is 5.73 Å². The zero-order valence-corrected chi connectivity index (χ0v) is 10.8. The summed E-state index contributed by atoms with van der Waals surface area (Å²) in [6.45, 7) is -1.30. The van der Waals surface area contributed by atoms with Gasteiger partial charge in [0.2, 0.25) is 0 Å². The molecule has 2 aromatic carbocycles. The average Bonchev–Trinajstić information content (AvgIpc) is 2.41. The minimum atomic E-state index is -2.92. The second kappa shape index (κ2) is 5.96. The van der Waals surface area contributed by atoms with Crippen molar-refractivity contribution in [1.29, 1.82) is 0 Å². The van der Waals surface area contributed by atoms with Gasteiger partial charge >= 0.3 is 6.61 Å². The molecule has 5 heteroatoms. The Morgan fingerprint density at radius 3 is 2.45 bits per heavy atom. The fraction of sp³-hybridized carbons (Fsp3) is 0.200. The van der Waals surface area contributed by atoms with Crippen molar-refractivity contribution in [2.75, 3.05) is 0 Å². The monoisotopic (exact) mass is 281 g/mol. The number of halogens is 3. The summed E-state index contributed by atoms with van der Waals surface area (Å²) in [6, 6.07) is 10.1. The molecule has 1 atom stereocenters. The van der Waals surface area contributed by atoms with Crippen LogP contribution in [0.2, 0.25) is 0 Å². The fourth-order valence-corrected chi connectivity index (χ4v) is 1.98. The number of ether oxygens (including phenoxy) is 1. The molecular weight excluding hydrogens is 267 g/mol. The molecule has 0 amide bonds. The molecule has 0 saturated heterocycles. The van der Waals surface area contributed by atoms with Gasteiger partial charge < -0.3 is 10.5 Å². The van der Waals surface area contributed by atoms with Crippen LogP contribution in [0.3, 0.4) is 0 Å². The first-order valence-corrected chi connectivity index (χ1v) is 6.04. The van der Waals surface area contributed by atoms with Gasteiger partial charge in [-0.05, 0) is 30.2 Å². The van der Waals surface area contributed by atoms with Gasteiger partial charge in [-0.2, -0.15) is 8.78 Å². The number of nitrogens with two attached hydrogens (primary N) is 1. The standard InChI is InChI=1S/C15H14F3NO/c1-9-8-10(6-7-12(9)16)14(19)11-4-2-3-5-13(11)20-15(17)18/h2-8,14-15H,19H2,1H3. The van der Waals surface area contributed by atoms with Crippen molar-refractivity contribution >= 4 is 0 Å². The molecule has 0 heterocycles. The molecule has 106 valence electrons. The minimum Gasteiger partial charge on any atom is -0.434 e. The number of aryl methyl sites for hydroxylation is 1. The fourth-order valence-electron chi connectivity index (χ4n) is 1.98. The molecule has 0 aromatic heterocycles. The summed E-state index contributed by atoms with van der Waals surface area (Å²) >= 11 is 0. The van der Waals surface area contributed by atoms with E-state index in [-0.39, 0.29) is 11.6 Å². The van der Waals surface area contributed by atoms with E-state index < -0.39 is 12.7 Å². The lowest BCUT2D eigenvalue weighted by molar-refractivity contribution is -0.0505. The third kappa shape index (κ3) is 3.11. The third-order valence-corrected chi connectivity index (χ3v) is 3.01. The molecule has 2 N–H and O–H groups in total. The zero-order valence-electron chi connectivity index (χ0n) is 10.8. The van der Waals surface area contributed by atoms with Gasteiger partial charge in [-0.25, -0.2) is 4.39 Å². The Balaban J connectivity index is 2.37. The van der Waals surface area contributed by atoms with Crippen LogP contribution in [0, 0.1) is 12.7 Å². The van der Waals surface area contributed by atoms with Crippen molar-refractivity contribution < 1.29 is 17.9 Å². The van der Waals surface area contributed by atoms with Crippen molar-refractivity contribution in [2.24, 2.45) is 5.73 Å². The van der Waals surface area contributed by atoms with E-state index >= 15 is 0 Å². The van der Waals surface area contributed by atoms with Crippen LogP contribution in [0.25, 0.3) is 0 Å². The van der Waals surface area contributed by atoms with Gasteiger partial charge in [-0.15, -0.1) is 0 Å². The molecular formula is C15H14F3NO. The molecule has 2 rings (SSSR count). The molecule has 0 aliphatic carbocycles. The largest absolute Gasteiger partial charge is 0.434 e. The summed E-state index contributed by atoms with van der Waals surface area (Å²) in [7, 11) is 0. The maximum atomic E-state index is 13.3. The predicted molar refractivity (Wildman–Crippen MR) is 70.2 cm³/mol. The SMILES string of the molecule is Cc1cc(C(N)c2ccccc2OC(F)F)ccc1F. The lowest BCUT2D eigenvalue weighted by Gasteiger charge is -2.17. The van der Waals surface area contributed by atoms with E-state index in [0.29, 0.717) is 16.7 Å². The Labute approximate surface area is 115 Å². The molecule has 0 aliphatic heterocycles. The molecule has 2 nitrogen and oxygen atoms in total.